The van der Waals surface area contributed by atoms with Crippen molar-refractivity contribution in [1.82, 2.24) is 4.90 Å². The van der Waals surface area contributed by atoms with Crippen molar-refractivity contribution in [3.05, 3.63) is 33.3 Å². The third-order valence-electron chi connectivity index (χ3n) is 2.75. The van der Waals surface area contributed by atoms with Gasteiger partial charge in [-0.25, -0.2) is 0 Å². The topological polar surface area (TPSA) is 23.5 Å². The maximum Gasteiger partial charge on any atom is 0.0685 e. The van der Waals surface area contributed by atoms with Crippen molar-refractivity contribution in [3.8, 4) is 0 Å². The van der Waals surface area contributed by atoms with Crippen LogP contribution < -0.4 is 0 Å². The monoisotopic (exact) mass is 255 g/mol. The average molecular weight is 256 g/mol. The van der Waals surface area contributed by atoms with Crippen molar-refractivity contribution in [2.24, 2.45) is 0 Å². The predicted molar refractivity (Wildman–Crippen MR) is 60.1 cm³/mol. The molecule has 1 N–H and O–H groups in total. The highest BCUT2D eigenvalue weighted by atomic mass is 79.9. The molecule has 14 heavy (non-hydrogen) atoms. The first-order valence-electron chi connectivity index (χ1n) is 4.80. The second-order valence-electron chi connectivity index (χ2n) is 3.85. The Balaban J connectivity index is 2.46. The summed E-state index contributed by atoms with van der Waals surface area (Å²) in [6.45, 7) is 2.22. The van der Waals surface area contributed by atoms with Crippen LogP contribution in [0.5, 0.6) is 0 Å². The molecule has 0 saturated heterocycles. The van der Waals surface area contributed by atoms with Gasteiger partial charge in [0.1, 0.15) is 0 Å². The fourth-order valence-corrected chi connectivity index (χ4v) is 2.58. The van der Waals surface area contributed by atoms with E-state index in [-0.39, 0.29) is 6.61 Å². The van der Waals surface area contributed by atoms with Gasteiger partial charge in [0, 0.05) is 17.6 Å². The van der Waals surface area contributed by atoms with Crippen LogP contribution >= 0.6 is 15.9 Å². The third-order valence-corrected chi connectivity index (χ3v) is 3.21. The molecule has 1 aromatic carbocycles. The van der Waals surface area contributed by atoms with Gasteiger partial charge in [0.05, 0.1) is 6.61 Å². The zero-order chi connectivity index (χ0) is 10.1. The summed E-state index contributed by atoms with van der Waals surface area (Å²) in [6.07, 6.45) is 1.05. The maximum atomic E-state index is 9.25. The van der Waals surface area contributed by atoms with Crippen LogP contribution in [0.1, 0.15) is 16.7 Å². The van der Waals surface area contributed by atoms with Crippen LogP contribution in [0.25, 0.3) is 0 Å². The van der Waals surface area contributed by atoms with E-state index in [1.165, 1.54) is 11.1 Å². The molecule has 1 aliphatic rings. The molecule has 0 unspecified atom stereocenters. The van der Waals surface area contributed by atoms with Crippen LogP contribution in [0.3, 0.4) is 0 Å². The number of fused-ring (bicyclic) bond motifs is 1. The van der Waals surface area contributed by atoms with Gasteiger partial charge < -0.3 is 10.0 Å². The van der Waals surface area contributed by atoms with Crippen LogP contribution in [0.15, 0.2) is 16.6 Å². The third kappa shape index (κ3) is 1.85. The van der Waals surface area contributed by atoms with E-state index in [2.05, 4.69) is 33.9 Å². The molecule has 2 rings (SSSR count). The van der Waals surface area contributed by atoms with Crippen molar-refractivity contribution in [2.45, 2.75) is 19.6 Å². The number of hydrogen-bond acceptors (Lipinski definition) is 2. The number of rotatable bonds is 1. The second-order valence-corrected chi connectivity index (χ2v) is 4.76. The Morgan fingerprint density at radius 2 is 2.29 bits per heavy atom. The van der Waals surface area contributed by atoms with E-state index in [1.807, 2.05) is 6.07 Å². The van der Waals surface area contributed by atoms with E-state index in [1.54, 1.807) is 0 Å². The van der Waals surface area contributed by atoms with Gasteiger partial charge in [0.2, 0.25) is 0 Å². The van der Waals surface area contributed by atoms with Crippen LogP contribution in [0.2, 0.25) is 0 Å². The van der Waals surface area contributed by atoms with Gasteiger partial charge in [-0.3, -0.25) is 0 Å². The van der Waals surface area contributed by atoms with E-state index in [9.17, 15) is 5.11 Å². The molecular formula is C11H14BrNO. The number of benzene rings is 1. The summed E-state index contributed by atoms with van der Waals surface area (Å²) in [7, 11) is 2.13. The van der Waals surface area contributed by atoms with Crippen LogP contribution in [-0.2, 0) is 19.6 Å². The van der Waals surface area contributed by atoms with E-state index >= 15 is 0 Å². The van der Waals surface area contributed by atoms with Gasteiger partial charge in [0.25, 0.3) is 0 Å². The van der Waals surface area contributed by atoms with Gasteiger partial charge in [-0.2, -0.15) is 0 Å². The molecule has 0 aromatic heterocycles. The zero-order valence-electron chi connectivity index (χ0n) is 8.26. The Kier molecular flexibility index (Phi) is 2.91. The molecule has 0 radical (unpaired) electrons. The summed E-state index contributed by atoms with van der Waals surface area (Å²) in [5, 5.41) is 9.25. The minimum atomic E-state index is 0.144. The fourth-order valence-electron chi connectivity index (χ4n) is 2.03. The minimum absolute atomic E-state index is 0.144. The number of halogens is 1. The molecule has 0 atom stereocenters. The van der Waals surface area contributed by atoms with Crippen LogP contribution in [0, 0.1) is 0 Å². The fraction of sp³-hybridized carbons (Fsp3) is 0.455. The molecule has 0 spiro atoms. The summed E-state index contributed by atoms with van der Waals surface area (Å²) >= 11 is 3.47. The number of nitrogens with zero attached hydrogens (tertiary/aromatic N) is 1. The van der Waals surface area contributed by atoms with Crippen LogP contribution in [-0.4, -0.2) is 23.6 Å². The van der Waals surface area contributed by atoms with Crippen molar-refractivity contribution in [2.75, 3.05) is 13.6 Å². The maximum absolute atomic E-state index is 9.25. The average Bonchev–Trinajstić information content (AvgIpc) is 2.15. The molecule has 0 saturated carbocycles. The van der Waals surface area contributed by atoms with E-state index < -0.39 is 0 Å². The Labute approximate surface area is 92.7 Å². The smallest absolute Gasteiger partial charge is 0.0685 e. The Bertz CT molecular complexity index is 351. The quantitative estimate of drug-likeness (QED) is 0.829. The summed E-state index contributed by atoms with van der Waals surface area (Å²) in [5.74, 6) is 0. The summed E-state index contributed by atoms with van der Waals surface area (Å²) in [4.78, 5) is 2.30. The lowest BCUT2D eigenvalue weighted by molar-refractivity contribution is 0.274. The first-order valence-corrected chi connectivity index (χ1v) is 5.59. The highest BCUT2D eigenvalue weighted by Gasteiger charge is 2.16. The van der Waals surface area contributed by atoms with Crippen molar-refractivity contribution >= 4 is 15.9 Å². The molecule has 1 aliphatic heterocycles. The molecular weight excluding hydrogens is 242 g/mol. The first kappa shape index (κ1) is 10.1. The van der Waals surface area contributed by atoms with Gasteiger partial charge in [-0.15, -0.1) is 0 Å². The normalized spacial score (nSPS) is 16.8. The van der Waals surface area contributed by atoms with E-state index in [0.29, 0.717) is 0 Å². The van der Waals surface area contributed by atoms with E-state index in [0.717, 1.165) is 29.5 Å². The molecule has 2 nitrogen and oxygen atoms in total. The largest absolute Gasteiger partial charge is 0.392 e. The molecule has 0 bridgehead atoms. The summed E-state index contributed by atoms with van der Waals surface area (Å²) in [5.41, 5.74) is 3.76. The molecule has 1 heterocycles. The van der Waals surface area contributed by atoms with Gasteiger partial charge in [-0.05, 0) is 42.3 Å². The van der Waals surface area contributed by atoms with Crippen molar-refractivity contribution in [1.29, 1.82) is 0 Å². The predicted octanol–water partition coefficient (Wildman–Crippen LogP) is 1.93. The van der Waals surface area contributed by atoms with Crippen LogP contribution in [0.4, 0.5) is 0 Å². The number of aliphatic hydroxyl groups is 1. The molecule has 0 aliphatic carbocycles. The van der Waals surface area contributed by atoms with Gasteiger partial charge in [-0.1, -0.05) is 15.9 Å². The number of aliphatic hydroxyl groups excluding tert-OH is 1. The highest BCUT2D eigenvalue weighted by molar-refractivity contribution is 9.10. The van der Waals surface area contributed by atoms with E-state index in [4.69, 9.17) is 0 Å². The van der Waals surface area contributed by atoms with Crippen molar-refractivity contribution < 1.29 is 5.11 Å². The van der Waals surface area contributed by atoms with Gasteiger partial charge >= 0.3 is 0 Å². The Hall–Kier alpha value is -0.380. The molecule has 0 fully saturated rings. The lowest BCUT2D eigenvalue weighted by atomic mass is 9.95. The molecule has 1 aromatic rings. The Morgan fingerprint density at radius 1 is 1.50 bits per heavy atom. The minimum Gasteiger partial charge on any atom is -0.392 e. The Morgan fingerprint density at radius 3 is 3.00 bits per heavy atom. The molecule has 3 heteroatoms. The number of hydrogen-bond donors (Lipinski definition) is 1. The summed E-state index contributed by atoms with van der Waals surface area (Å²) in [6, 6.07) is 4.17. The molecule has 76 valence electrons. The highest BCUT2D eigenvalue weighted by Crippen LogP contribution is 2.26. The van der Waals surface area contributed by atoms with Crippen molar-refractivity contribution in [3.63, 3.8) is 0 Å². The zero-order valence-corrected chi connectivity index (χ0v) is 9.84. The first-order chi connectivity index (χ1) is 6.70. The number of likely N-dealkylation sites (N-methyl/N-ethyl adjacent to an activating group) is 1. The standard InChI is InChI=1S/C11H14BrNO/c1-13-3-2-11-8(6-13)4-10(12)5-9(11)7-14/h4-5,14H,2-3,6-7H2,1H3. The molecule has 0 amide bonds. The second kappa shape index (κ2) is 4.01. The SMILES string of the molecule is CN1CCc2c(CO)cc(Br)cc2C1. The summed E-state index contributed by atoms with van der Waals surface area (Å²) < 4.78 is 1.07. The lowest BCUT2D eigenvalue weighted by Gasteiger charge is -2.26. The van der Waals surface area contributed by atoms with Gasteiger partial charge in [0.15, 0.2) is 0 Å². The lowest BCUT2D eigenvalue weighted by Crippen LogP contribution is -2.27.